The van der Waals surface area contributed by atoms with Gasteiger partial charge in [0.1, 0.15) is 11.3 Å². The van der Waals surface area contributed by atoms with E-state index >= 15 is 0 Å². The Morgan fingerprint density at radius 3 is 2.77 bits per heavy atom. The first-order valence-corrected chi connectivity index (χ1v) is 7.46. The van der Waals surface area contributed by atoms with Crippen LogP contribution in [0.5, 0.6) is 0 Å². The second-order valence-electron chi connectivity index (χ2n) is 5.45. The average Bonchev–Trinajstić information content (AvgIpc) is 3.13. The Morgan fingerprint density at radius 2 is 2.05 bits per heavy atom. The van der Waals surface area contributed by atoms with Gasteiger partial charge in [0.15, 0.2) is 5.76 Å². The van der Waals surface area contributed by atoms with E-state index in [0.717, 1.165) is 40.7 Å². The summed E-state index contributed by atoms with van der Waals surface area (Å²) in [5.41, 5.74) is 2.72. The molecule has 3 rings (SSSR count). The highest BCUT2D eigenvalue weighted by molar-refractivity contribution is 5.99. The van der Waals surface area contributed by atoms with E-state index in [0.29, 0.717) is 12.3 Å². The third-order valence-electron chi connectivity index (χ3n) is 3.83. The fraction of sp³-hybridized carbons (Fsp3) is 0.278. The van der Waals surface area contributed by atoms with Gasteiger partial charge in [-0.05, 0) is 38.0 Å². The summed E-state index contributed by atoms with van der Waals surface area (Å²) in [5.74, 6) is 1.18. The second-order valence-corrected chi connectivity index (χ2v) is 5.45. The zero-order valence-electron chi connectivity index (χ0n) is 12.8. The molecule has 0 fully saturated rings. The predicted molar refractivity (Wildman–Crippen MR) is 85.1 cm³/mol. The third kappa shape index (κ3) is 2.77. The number of amides is 1. The van der Waals surface area contributed by atoms with Gasteiger partial charge in [-0.1, -0.05) is 18.2 Å². The average molecular weight is 297 g/mol. The normalized spacial score (nSPS) is 11.0. The molecule has 2 aromatic heterocycles. The number of nitrogens with one attached hydrogen (secondary N) is 1. The van der Waals surface area contributed by atoms with Crippen LogP contribution in [0.4, 0.5) is 0 Å². The van der Waals surface area contributed by atoms with Crippen LogP contribution in [0, 0.1) is 13.8 Å². The fourth-order valence-corrected chi connectivity index (χ4v) is 2.60. The summed E-state index contributed by atoms with van der Waals surface area (Å²) in [6, 6.07) is 9.75. The summed E-state index contributed by atoms with van der Waals surface area (Å²) in [5, 5.41) is 3.91. The van der Waals surface area contributed by atoms with Gasteiger partial charge in [0, 0.05) is 23.9 Å². The van der Waals surface area contributed by atoms with Crippen molar-refractivity contribution in [3.63, 3.8) is 0 Å². The number of rotatable bonds is 5. The highest BCUT2D eigenvalue weighted by atomic mass is 16.3. The van der Waals surface area contributed by atoms with Gasteiger partial charge in [-0.25, -0.2) is 0 Å². The Balaban J connectivity index is 1.65. The number of carbonyl (C=O) groups excluding carboxylic acids is 1. The quantitative estimate of drug-likeness (QED) is 0.724. The van der Waals surface area contributed by atoms with Crippen molar-refractivity contribution >= 4 is 16.9 Å². The molecule has 4 heteroatoms. The second kappa shape index (κ2) is 6.10. The number of aryl methyl sites for hydroxylation is 3. The van der Waals surface area contributed by atoms with Crippen molar-refractivity contribution in [1.82, 2.24) is 5.32 Å². The van der Waals surface area contributed by atoms with Gasteiger partial charge < -0.3 is 14.2 Å². The van der Waals surface area contributed by atoms with E-state index in [1.807, 2.05) is 44.2 Å². The summed E-state index contributed by atoms with van der Waals surface area (Å²) in [7, 11) is 0. The highest BCUT2D eigenvalue weighted by Crippen LogP contribution is 2.27. The molecule has 2 heterocycles. The molecule has 0 aliphatic heterocycles. The van der Waals surface area contributed by atoms with Crippen LogP contribution in [0.2, 0.25) is 0 Å². The van der Waals surface area contributed by atoms with Crippen LogP contribution >= 0.6 is 0 Å². The van der Waals surface area contributed by atoms with E-state index in [4.69, 9.17) is 8.83 Å². The van der Waals surface area contributed by atoms with E-state index in [1.54, 1.807) is 6.26 Å². The number of benzene rings is 1. The zero-order valence-corrected chi connectivity index (χ0v) is 12.8. The Bertz CT molecular complexity index is 784. The molecule has 0 radical (unpaired) electrons. The molecule has 1 N–H and O–H groups in total. The maximum atomic E-state index is 12.3. The SMILES string of the molecule is Cc1c(C(=O)NCCCc2ccco2)oc2c(C)cccc12. The maximum absolute atomic E-state index is 12.3. The first-order valence-electron chi connectivity index (χ1n) is 7.46. The van der Waals surface area contributed by atoms with Gasteiger partial charge in [-0.15, -0.1) is 0 Å². The van der Waals surface area contributed by atoms with E-state index in [9.17, 15) is 4.79 Å². The van der Waals surface area contributed by atoms with Crippen LogP contribution in [-0.2, 0) is 6.42 Å². The van der Waals surface area contributed by atoms with Crippen molar-refractivity contribution in [2.24, 2.45) is 0 Å². The molecular weight excluding hydrogens is 278 g/mol. The number of hydrogen-bond donors (Lipinski definition) is 1. The predicted octanol–water partition coefficient (Wildman–Crippen LogP) is 4.01. The number of para-hydroxylation sites is 1. The topological polar surface area (TPSA) is 55.4 Å². The molecule has 3 aromatic rings. The van der Waals surface area contributed by atoms with Crippen LogP contribution in [-0.4, -0.2) is 12.5 Å². The highest BCUT2D eigenvalue weighted by Gasteiger charge is 2.17. The monoisotopic (exact) mass is 297 g/mol. The summed E-state index contributed by atoms with van der Waals surface area (Å²) in [6.45, 7) is 4.49. The molecule has 114 valence electrons. The molecule has 1 aromatic carbocycles. The first-order chi connectivity index (χ1) is 10.7. The van der Waals surface area contributed by atoms with Crippen LogP contribution in [0.15, 0.2) is 45.4 Å². The molecule has 0 saturated carbocycles. The van der Waals surface area contributed by atoms with Crippen molar-refractivity contribution in [1.29, 1.82) is 0 Å². The molecule has 22 heavy (non-hydrogen) atoms. The first kappa shape index (κ1) is 14.4. The van der Waals surface area contributed by atoms with Gasteiger partial charge in [-0.3, -0.25) is 4.79 Å². The zero-order chi connectivity index (χ0) is 15.5. The van der Waals surface area contributed by atoms with Gasteiger partial charge in [0.05, 0.1) is 6.26 Å². The van der Waals surface area contributed by atoms with Crippen molar-refractivity contribution < 1.29 is 13.6 Å². The molecule has 0 atom stereocenters. The van der Waals surface area contributed by atoms with E-state index in [-0.39, 0.29) is 5.91 Å². The molecule has 0 spiro atoms. The van der Waals surface area contributed by atoms with Gasteiger partial charge in [0.25, 0.3) is 5.91 Å². The third-order valence-corrected chi connectivity index (χ3v) is 3.83. The minimum absolute atomic E-state index is 0.160. The number of hydrogen-bond acceptors (Lipinski definition) is 3. The van der Waals surface area contributed by atoms with E-state index < -0.39 is 0 Å². The molecule has 0 unspecified atom stereocenters. The largest absolute Gasteiger partial charge is 0.469 e. The molecule has 4 nitrogen and oxygen atoms in total. The molecular formula is C18H19NO3. The van der Waals surface area contributed by atoms with Crippen molar-refractivity contribution in [2.75, 3.05) is 6.54 Å². The van der Waals surface area contributed by atoms with Crippen LogP contribution in [0.1, 0.15) is 33.9 Å². The lowest BCUT2D eigenvalue weighted by atomic mass is 10.1. The Kier molecular flexibility index (Phi) is 4.00. The molecule has 0 aliphatic rings. The fourth-order valence-electron chi connectivity index (χ4n) is 2.60. The smallest absolute Gasteiger partial charge is 0.287 e. The molecule has 0 saturated heterocycles. The van der Waals surface area contributed by atoms with Crippen molar-refractivity contribution in [3.8, 4) is 0 Å². The summed E-state index contributed by atoms with van der Waals surface area (Å²) < 4.78 is 11.0. The number of fused-ring (bicyclic) bond motifs is 1. The Morgan fingerprint density at radius 1 is 1.18 bits per heavy atom. The van der Waals surface area contributed by atoms with Gasteiger partial charge >= 0.3 is 0 Å². The van der Waals surface area contributed by atoms with Crippen molar-refractivity contribution in [2.45, 2.75) is 26.7 Å². The lowest BCUT2D eigenvalue weighted by Crippen LogP contribution is -2.24. The molecule has 0 aliphatic carbocycles. The Hall–Kier alpha value is -2.49. The lowest BCUT2D eigenvalue weighted by Gasteiger charge is -2.03. The number of furan rings is 2. The number of carbonyl (C=O) groups is 1. The minimum Gasteiger partial charge on any atom is -0.469 e. The summed E-state index contributed by atoms with van der Waals surface area (Å²) in [6.07, 6.45) is 3.30. The molecule has 1 amide bonds. The maximum Gasteiger partial charge on any atom is 0.287 e. The summed E-state index contributed by atoms with van der Waals surface area (Å²) >= 11 is 0. The van der Waals surface area contributed by atoms with Crippen molar-refractivity contribution in [3.05, 3.63) is 59.2 Å². The van der Waals surface area contributed by atoms with Gasteiger partial charge in [0.2, 0.25) is 0 Å². The minimum atomic E-state index is -0.160. The Labute approximate surface area is 129 Å². The van der Waals surface area contributed by atoms with Gasteiger partial charge in [-0.2, -0.15) is 0 Å². The van der Waals surface area contributed by atoms with E-state index in [2.05, 4.69) is 5.32 Å². The van der Waals surface area contributed by atoms with Crippen LogP contribution in [0.3, 0.4) is 0 Å². The van der Waals surface area contributed by atoms with Crippen LogP contribution in [0.25, 0.3) is 11.0 Å². The lowest BCUT2D eigenvalue weighted by molar-refractivity contribution is 0.0926. The van der Waals surface area contributed by atoms with Crippen LogP contribution < -0.4 is 5.32 Å². The summed E-state index contributed by atoms with van der Waals surface area (Å²) in [4.78, 5) is 12.3. The molecule has 0 bridgehead atoms. The van der Waals surface area contributed by atoms with E-state index in [1.165, 1.54) is 0 Å². The standard InChI is InChI=1S/C18H19NO3/c1-12-6-3-9-15-13(2)17(22-16(12)15)18(20)19-10-4-7-14-8-5-11-21-14/h3,5-6,8-9,11H,4,7,10H2,1-2H3,(H,19,20).